The summed E-state index contributed by atoms with van der Waals surface area (Å²) in [4.78, 5) is 24.4. The van der Waals surface area contributed by atoms with Crippen LogP contribution in [0.25, 0.3) is 0 Å². The molecule has 2 amide bonds. The van der Waals surface area contributed by atoms with Gasteiger partial charge in [0.2, 0.25) is 5.91 Å². The quantitative estimate of drug-likeness (QED) is 0.599. The van der Waals surface area contributed by atoms with Gasteiger partial charge in [0.15, 0.2) is 6.61 Å². The lowest BCUT2D eigenvalue weighted by Gasteiger charge is -2.10. The van der Waals surface area contributed by atoms with Gasteiger partial charge >= 0.3 is 0 Å². The maximum absolute atomic E-state index is 12.2. The van der Waals surface area contributed by atoms with Crippen molar-refractivity contribution in [3.05, 3.63) is 90.0 Å². The molecule has 0 saturated heterocycles. The van der Waals surface area contributed by atoms with Crippen LogP contribution in [-0.2, 0) is 22.4 Å². The molecular weight excluding hydrogens is 364 g/mol. The predicted molar refractivity (Wildman–Crippen MR) is 115 cm³/mol. The van der Waals surface area contributed by atoms with Gasteiger partial charge in [0.05, 0.1) is 6.42 Å². The first-order valence-electron chi connectivity index (χ1n) is 9.58. The normalized spacial score (nSPS) is 10.2. The van der Waals surface area contributed by atoms with E-state index in [0.717, 1.165) is 17.5 Å². The van der Waals surface area contributed by atoms with Gasteiger partial charge < -0.3 is 15.4 Å². The first-order chi connectivity index (χ1) is 14.1. The molecule has 0 atom stereocenters. The van der Waals surface area contributed by atoms with E-state index in [1.807, 2.05) is 54.6 Å². The van der Waals surface area contributed by atoms with Crippen molar-refractivity contribution in [1.29, 1.82) is 0 Å². The Labute approximate surface area is 170 Å². The maximum Gasteiger partial charge on any atom is 0.262 e. The van der Waals surface area contributed by atoms with Crippen LogP contribution in [-0.4, -0.2) is 18.4 Å². The number of ether oxygens (including phenoxy) is 1. The number of hydrogen-bond acceptors (Lipinski definition) is 3. The zero-order valence-electron chi connectivity index (χ0n) is 16.4. The van der Waals surface area contributed by atoms with Gasteiger partial charge in [-0.3, -0.25) is 9.59 Å². The fraction of sp³-hybridized carbons (Fsp3) is 0.167. The number of benzene rings is 3. The fourth-order valence-corrected chi connectivity index (χ4v) is 2.86. The van der Waals surface area contributed by atoms with Gasteiger partial charge in [0, 0.05) is 11.4 Å². The number of anilines is 2. The number of nitrogens with one attached hydrogen (secondary N) is 2. The largest absolute Gasteiger partial charge is 0.484 e. The van der Waals surface area contributed by atoms with Crippen LogP contribution in [0.3, 0.4) is 0 Å². The molecule has 0 aromatic heterocycles. The minimum atomic E-state index is -0.264. The number of amides is 2. The summed E-state index contributed by atoms with van der Waals surface area (Å²) in [5.41, 5.74) is 3.32. The minimum Gasteiger partial charge on any atom is -0.484 e. The second-order valence-electron chi connectivity index (χ2n) is 6.63. The monoisotopic (exact) mass is 388 g/mol. The number of carbonyl (C=O) groups is 2. The van der Waals surface area contributed by atoms with Crippen molar-refractivity contribution in [3.8, 4) is 5.75 Å². The second kappa shape index (κ2) is 10.1. The Hall–Kier alpha value is -3.60. The summed E-state index contributed by atoms with van der Waals surface area (Å²) < 4.78 is 5.56. The van der Waals surface area contributed by atoms with Crippen LogP contribution in [0.2, 0.25) is 0 Å². The lowest BCUT2D eigenvalue weighted by Crippen LogP contribution is -2.20. The molecule has 29 heavy (non-hydrogen) atoms. The van der Waals surface area contributed by atoms with Gasteiger partial charge in [-0.1, -0.05) is 55.5 Å². The van der Waals surface area contributed by atoms with Crippen molar-refractivity contribution in [1.82, 2.24) is 0 Å². The first kappa shape index (κ1) is 20.1. The van der Waals surface area contributed by atoms with Gasteiger partial charge in [-0.2, -0.15) is 0 Å². The highest BCUT2D eigenvalue weighted by molar-refractivity contribution is 5.95. The molecule has 0 unspecified atom stereocenters. The van der Waals surface area contributed by atoms with Gasteiger partial charge in [0.25, 0.3) is 5.91 Å². The number of rotatable bonds is 8. The third-order valence-corrected chi connectivity index (χ3v) is 4.31. The number of carbonyl (C=O) groups excluding carboxylic acids is 2. The van der Waals surface area contributed by atoms with Crippen molar-refractivity contribution < 1.29 is 14.3 Å². The van der Waals surface area contributed by atoms with Crippen molar-refractivity contribution in [2.75, 3.05) is 17.2 Å². The van der Waals surface area contributed by atoms with Gasteiger partial charge in [-0.25, -0.2) is 0 Å². The highest BCUT2D eigenvalue weighted by atomic mass is 16.5. The number of hydrogen-bond donors (Lipinski definition) is 2. The van der Waals surface area contributed by atoms with Crippen LogP contribution in [0, 0.1) is 0 Å². The SMILES string of the molecule is CCc1cccc(OCC(=O)Nc2cccc(NC(=O)Cc3ccccc3)c2)c1. The van der Waals surface area contributed by atoms with E-state index in [4.69, 9.17) is 4.74 Å². The third-order valence-electron chi connectivity index (χ3n) is 4.31. The lowest BCUT2D eigenvalue weighted by molar-refractivity contribution is -0.118. The molecule has 3 rings (SSSR count). The molecule has 0 spiro atoms. The third kappa shape index (κ3) is 6.50. The Morgan fingerprint density at radius 2 is 1.41 bits per heavy atom. The van der Waals surface area contributed by atoms with Crippen molar-refractivity contribution >= 4 is 23.2 Å². The standard InChI is InChI=1S/C24H24N2O3/c1-2-18-10-6-13-22(14-18)29-17-24(28)26-21-12-7-11-20(16-21)25-23(27)15-19-8-4-3-5-9-19/h3-14,16H,2,15,17H2,1H3,(H,25,27)(H,26,28). The maximum atomic E-state index is 12.2. The van der Waals surface area contributed by atoms with Crippen LogP contribution in [0.5, 0.6) is 5.75 Å². The molecule has 2 N–H and O–H groups in total. The van der Waals surface area contributed by atoms with E-state index in [1.54, 1.807) is 24.3 Å². The summed E-state index contributed by atoms with van der Waals surface area (Å²) in [6.45, 7) is 1.98. The average Bonchev–Trinajstić information content (AvgIpc) is 2.73. The molecule has 5 heteroatoms. The van der Waals surface area contributed by atoms with E-state index in [1.165, 1.54) is 0 Å². The number of aryl methyl sites for hydroxylation is 1. The average molecular weight is 388 g/mol. The molecule has 0 heterocycles. The lowest BCUT2D eigenvalue weighted by atomic mass is 10.1. The molecule has 148 valence electrons. The summed E-state index contributed by atoms with van der Waals surface area (Å²) >= 11 is 0. The van der Waals surface area contributed by atoms with E-state index in [-0.39, 0.29) is 18.4 Å². The molecular formula is C24H24N2O3. The molecule has 0 bridgehead atoms. The van der Waals surface area contributed by atoms with E-state index in [0.29, 0.717) is 23.5 Å². The van der Waals surface area contributed by atoms with E-state index >= 15 is 0 Å². The van der Waals surface area contributed by atoms with Crippen molar-refractivity contribution in [3.63, 3.8) is 0 Å². The second-order valence-corrected chi connectivity index (χ2v) is 6.63. The predicted octanol–water partition coefficient (Wildman–Crippen LogP) is 4.45. The molecule has 5 nitrogen and oxygen atoms in total. The minimum absolute atomic E-state index is 0.0856. The summed E-state index contributed by atoms with van der Waals surface area (Å²) in [6.07, 6.45) is 1.20. The van der Waals surface area contributed by atoms with Crippen LogP contribution in [0.1, 0.15) is 18.1 Å². The molecule has 0 aliphatic rings. The smallest absolute Gasteiger partial charge is 0.262 e. The highest BCUT2D eigenvalue weighted by Crippen LogP contribution is 2.17. The van der Waals surface area contributed by atoms with Gasteiger partial charge in [-0.05, 0) is 47.9 Å². The fourth-order valence-electron chi connectivity index (χ4n) is 2.86. The topological polar surface area (TPSA) is 67.4 Å². The van der Waals surface area contributed by atoms with Crippen molar-refractivity contribution in [2.24, 2.45) is 0 Å². The van der Waals surface area contributed by atoms with Crippen LogP contribution < -0.4 is 15.4 Å². The summed E-state index contributed by atoms with van der Waals surface area (Å²) in [6, 6.07) is 24.3. The van der Waals surface area contributed by atoms with Crippen molar-refractivity contribution in [2.45, 2.75) is 19.8 Å². The van der Waals surface area contributed by atoms with E-state index in [9.17, 15) is 9.59 Å². The highest BCUT2D eigenvalue weighted by Gasteiger charge is 2.07. The van der Waals surface area contributed by atoms with Crippen LogP contribution in [0.4, 0.5) is 11.4 Å². The summed E-state index contributed by atoms with van der Waals surface area (Å²) in [7, 11) is 0. The van der Waals surface area contributed by atoms with Crippen LogP contribution >= 0.6 is 0 Å². The van der Waals surface area contributed by atoms with Crippen LogP contribution in [0.15, 0.2) is 78.9 Å². The Morgan fingerprint density at radius 3 is 2.14 bits per heavy atom. The first-order valence-corrected chi connectivity index (χ1v) is 9.58. The Morgan fingerprint density at radius 1 is 0.759 bits per heavy atom. The molecule has 0 aliphatic carbocycles. The Balaban J connectivity index is 1.52. The molecule has 3 aromatic rings. The molecule has 3 aromatic carbocycles. The molecule has 0 fully saturated rings. The zero-order chi connectivity index (χ0) is 20.5. The molecule has 0 aliphatic heterocycles. The van der Waals surface area contributed by atoms with Gasteiger partial charge in [0.1, 0.15) is 5.75 Å². The molecule has 0 saturated carbocycles. The molecule has 0 radical (unpaired) electrons. The van der Waals surface area contributed by atoms with E-state index < -0.39 is 0 Å². The van der Waals surface area contributed by atoms with E-state index in [2.05, 4.69) is 17.6 Å². The summed E-state index contributed by atoms with van der Waals surface area (Å²) in [5.74, 6) is 0.292. The summed E-state index contributed by atoms with van der Waals surface area (Å²) in [5, 5.41) is 5.64. The Kier molecular flexibility index (Phi) is 7.00. The zero-order valence-corrected chi connectivity index (χ0v) is 16.4. The van der Waals surface area contributed by atoms with Gasteiger partial charge in [-0.15, -0.1) is 0 Å². The Bertz CT molecular complexity index is 971.